The Morgan fingerprint density at radius 3 is 2.30 bits per heavy atom. The van der Waals surface area contributed by atoms with E-state index in [9.17, 15) is 14.4 Å². The van der Waals surface area contributed by atoms with Crippen LogP contribution in [0.5, 0.6) is 0 Å². The Balaban J connectivity index is 1.57. The minimum atomic E-state index is -0.805. The Labute approximate surface area is 171 Å². The zero-order valence-corrected chi connectivity index (χ0v) is 15.9. The van der Waals surface area contributed by atoms with Gasteiger partial charge >= 0.3 is 6.03 Å². The van der Waals surface area contributed by atoms with Crippen LogP contribution in [-0.4, -0.2) is 22.4 Å². The number of rotatable bonds is 3. The number of benzene rings is 3. The van der Waals surface area contributed by atoms with Gasteiger partial charge in [0.1, 0.15) is 5.57 Å². The zero-order chi connectivity index (χ0) is 20.7. The van der Waals surface area contributed by atoms with Gasteiger partial charge in [0.05, 0.1) is 0 Å². The number of fused-ring (bicyclic) bond motifs is 2. The molecule has 0 bridgehead atoms. The average Bonchev–Trinajstić information content (AvgIpc) is 3.08. The number of hydrogen-bond donors (Lipinski definition) is 2. The molecule has 0 aliphatic carbocycles. The van der Waals surface area contributed by atoms with Crippen molar-refractivity contribution in [2.45, 2.75) is 6.54 Å². The van der Waals surface area contributed by atoms with Gasteiger partial charge in [-0.15, -0.1) is 0 Å². The Kier molecular flexibility index (Phi) is 4.17. The van der Waals surface area contributed by atoms with E-state index < -0.39 is 17.8 Å². The van der Waals surface area contributed by atoms with E-state index in [1.807, 2.05) is 42.6 Å². The lowest BCUT2D eigenvalue weighted by molar-refractivity contribution is -0.123. The molecule has 0 unspecified atom stereocenters. The Morgan fingerprint density at radius 1 is 0.800 bits per heavy atom. The monoisotopic (exact) mass is 395 g/mol. The molecule has 0 saturated carbocycles. The fraction of sp³-hybridized carbons (Fsp3) is 0.0417. The largest absolute Gasteiger partial charge is 0.342 e. The van der Waals surface area contributed by atoms with Crippen molar-refractivity contribution < 1.29 is 14.4 Å². The van der Waals surface area contributed by atoms with Crippen LogP contribution in [0.4, 0.5) is 4.79 Å². The Morgan fingerprint density at radius 2 is 1.50 bits per heavy atom. The quantitative estimate of drug-likeness (QED) is 0.411. The van der Waals surface area contributed by atoms with E-state index in [0.717, 1.165) is 22.0 Å². The molecule has 6 nitrogen and oxygen atoms in total. The summed E-state index contributed by atoms with van der Waals surface area (Å²) in [7, 11) is 0. The summed E-state index contributed by atoms with van der Waals surface area (Å²) >= 11 is 0. The summed E-state index contributed by atoms with van der Waals surface area (Å²) < 4.78 is 2.09. The normalized spacial score (nSPS) is 14.1. The van der Waals surface area contributed by atoms with Crippen molar-refractivity contribution >= 4 is 45.6 Å². The third-order valence-corrected chi connectivity index (χ3v) is 5.23. The molecule has 1 fully saturated rings. The van der Waals surface area contributed by atoms with Crippen LogP contribution in [0, 0.1) is 0 Å². The number of carbonyl (C=O) groups excluding carboxylic acids is 3. The number of nitrogens with zero attached hydrogens (tertiary/aromatic N) is 1. The third-order valence-electron chi connectivity index (χ3n) is 5.23. The van der Waals surface area contributed by atoms with Gasteiger partial charge in [-0.1, -0.05) is 54.6 Å². The van der Waals surface area contributed by atoms with Crippen molar-refractivity contribution in [3.63, 3.8) is 0 Å². The van der Waals surface area contributed by atoms with Gasteiger partial charge in [-0.3, -0.25) is 20.2 Å². The number of aromatic nitrogens is 1. The molecule has 0 radical (unpaired) electrons. The highest BCUT2D eigenvalue weighted by Crippen LogP contribution is 2.26. The number of imide groups is 2. The molecule has 4 amide bonds. The summed E-state index contributed by atoms with van der Waals surface area (Å²) in [5, 5.41) is 7.50. The van der Waals surface area contributed by atoms with E-state index in [2.05, 4.69) is 45.5 Å². The molecule has 2 heterocycles. The molecule has 146 valence electrons. The highest BCUT2D eigenvalue weighted by atomic mass is 16.2. The van der Waals surface area contributed by atoms with Gasteiger partial charge in [0.15, 0.2) is 0 Å². The van der Waals surface area contributed by atoms with Gasteiger partial charge in [0.2, 0.25) is 0 Å². The SMILES string of the molecule is O=C1NC(=O)C(=Cc2cn(Cc3ccc4ccccc4c3)c3ccccc23)C(=O)N1. The number of barbiturate groups is 1. The molecular weight excluding hydrogens is 378 g/mol. The van der Waals surface area contributed by atoms with E-state index >= 15 is 0 Å². The summed E-state index contributed by atoms with van der Waals surface area (Å²) in [6.45, 7) is 0.644. The highest BCUT2D eigenvalue weighted by Gasteiger charge is 2.28. The summed E-state index contributed by atoms with van der Waals surface area (Å²) in [5.74, 6) is -1.40. The number of carbonyl (C=O) groups is 3. The maximum atomic E-state index is 12.1. The van der Waals surface area contributed by atoms with Gasteiger partial charge < -0.3 is 4.57 Å². The average molecular weight is 395 g/mol. The smallest absolute Gasteiger partial charge is 0.328 e. The second-order valence-electron chi connectivity index (χ2n) is 7.21. The van der Waals surface area contributed by atoms with Gasteiger partial charge in [-0.05, 0) is 34.5 Å². The lowest BCUT2D eigenvalue weighted by atomic mass is 10.1. The molecule has 2 N–H and O–H groups in total. The molecular formula is C24H17N3O3. The Hall–Kier alpha value is -4.19. The first-order valence-electron chi connectivity index (χ1n) is 9.52. The molecule has 5 rings (SSSR count). The first kappa shape index (κ1) is 17.9. The first-order chi connectivity index (χ1) is 14.6. The maximum absolute atomic E-state index is 12.1. The van der Waals surface area contributed by atoms with Crippen LogP contribution >= 0.6 is 0 Å². The standard InChI is InChI=1S/C24H17N3O3/c28-22-20(23(29)26-24(30)25-22)12-18-14-27(21-8-4-3-7-19(18)21)13-15-9-10-16-5-1-2-6-17(16)11-15/h1-12,14H,13H2,(H2,25,26,28,29,30). The van der Waals surface area contributed by atoms with Crippen LogP contribution in [0.1, 0.15) is 11.1 Å². The first-order valence-corrected chi connectivity index (χ1v) is 9.52. The number of para-hydroxylation sites is 1. The molecule has 1 aliphatic heterocycles. The van der Waals surface area contributed by atoms with Crippen molar-refractivity contribution in [3.05, 3.63) is 89.6 Å². The summed E-state index contributed by atoms with van der Waals surface area (Å²) in [4.78, 5) is 35.5. The van der Waals surface area contributed by atoms with Crippen LogP contribution in [0.2, 0.25) is 0 Å². The highest BCUT2D eigenvalue weighted by molar-refractivity contribution is 6.31. The fourth-order valence-electron chi connectivity index (χ4n) is 3.82. The van der Waals surface area contributed by atoms with E-state index in [0.29, 0.717) is 6.54 Å². The molecule has 3 aromatic carbocycles. The van der Waals surface area contributed by atoms with Crippen molar-refractivity contribution in [2.24, 2.45) is 0 Å². The van der Waals surface area contributed by atoms with Crippen LogP contribution in [-0.2, 0) is 16.1 Å². The number of nitrogens with one attached hydrogen (secondary N) is 2. The fourth-order valence-corrected chi connectivity index (χ4v) is 3.82. The van der Waals surface area contributed by atoms with Gasteiger partial charge in [0, 0.05) is 29.2 Å². The number of amides is 4. The number of hydrogen-bond acceptors (Lipinski definition) is 3. The predicted octanol–water partition coefficient (Wildman–Crippen LogP) is 3.59. The molecule has 0 spiro atoms. The van der Waals surface area contributed by atoms with Gasteiger partial charge in [-0.2, -0.15) is 0 Å². The van der Waals surface area contributed by atoms with Crippen LogP contribution < -0.4 is 10.6 Å². The van der Waals surface area contributed by atoms with Crippen molar-refractivity contribution in [3.8, 4) is 0 Å². The van der Waals surface area contributed by atoms with Crippen molar-refractivity contribution in [1.82, 2.24) is 15.2 Å². The minimum absolute atomic E-state index is 0.0943. The summed E-state index contributed by atoms with van der Waals surface area (Å²) in [5.41, 5.74) is 2.78. The van der Waals surface area contributed by atoms with E-state index in [1.165, 1.54) is 16.8 Å². The molecule has 1 aliphatic rings. The molecule has 30 heavy (non-hydrogen) atoms. The maximum Gasteiger partial charge on any atom is 0.328 e. The molecule has 1 saturated heterocycles. The summed E-state index contributed by atoms with van der Waals surface area (Å²) in [6, 6.07) is 21.6. The lowest BCUT2D eigenvalue weighted by Gasteiger charge is -2.13. The van der Waals surface area contributed by atoms with E-state index in [-0.39, 0.29) is 5.57 Å². The molecule has 6 heteroatoms. The predicted molar refractivity (Wildman–Crippen MR) is 115 cm³/mol. The lowest BCUT2D eigenvalue weighted by Crippen LogP contribution is -2.51. The second-order valence-corrected chi connectivity index (χ2v) is 7.21. The van der Waals surface area contributed by atoms with Crippen LogP contribution in [0.15, 0.2) is 78.5 Å². The second kappa shape index (κ2) is 7.00. The van der Waals surface area contributed by atoms with Gasteiger partial charge in [-0.25, -0.2) is 4.79 Å². The minimum Gasteiger partial charge on any atom is -0.342 e. The Bertz CT molecular complexity index is 1360. The summed E-state index contributed by atoms with van der Waals surface area (Å²) in [6.07, 6.45) is 3.44. The van der Waals surface area contributed by atoms with Gasteiger partial charge in [0.25, 0.3) is 11.8 Å². The van der Waals surface area contributed by atoms with Crippen LogP contribution in [0.3, 0.4) is 0 Å². The topological polar surface area (TPSA) is 80.2 Å². The molecule has 4 aromatic rings. The number of urea groups is 1. The third kappa shape index (κ3) is 3.14. The van der Waals surface area contributed by atoms with E-state index in [4.69, 9.17) is 0 Å². The van der Waals surface area contributed by atoms with E-state index in [1.54, 1.807) is 0 Å². The van der Waals surface area contributed by atoms with Crippen molar-refractivity contribution in [1.29, 1.82) is 0 Å². The molecule has 1 aromatic heterocycles. The zero-order valence-electron chi connectivity index (χ0n) is 15.9. The van der Waals surface area contributed by atoms with Crippen molar-refractivity contribution in [2.75, 3.05) is 0 Å². The molecule has 0 atom stereocenters. The van der Waals surface area contributed by atoms with Crippen LogP contribution in [0.25, 0.3) is 27.8 Å².